The SMILES string of the molecule is CC1=C(O)c2ccc3ccccc3c2S1(=O)=O. The Labute approximate surface area is 98.9 Å². The highest BCUT2D eigenvalue weighted by Gasteiger charge is 2.34. The van der Waals surface area contributed by atoms with Gasteiger partial charge in [0.2, 0.25) is 9.84 Å². The fourth-order valence-electron chi connectivity index (χ4n) is 2.19. The molecule has 3 nitrogen and oxygen atoms in total. The van der Waals surface area contributed by atoms with Crippen LogP contribution in [0.25, 0.3) is 16.5 Å². The zero-order valence-corrected chi connectivity index (χ0v) is 9.95. The van der Waals surface area contributed by atoms with Crippen molar-refractivity contribution in [2.75, 3.05) is 0 Å². The quantitative estimate of drug-likeness (QED) is 0.777. The number of fused-ring (bicyclic) bond motifs is 3. The first kappa shape index (κ1) is 10.4. The fraction of sp³-hybridized carbons (Fsp3) is 0.0769. The number of hydrogen-bond donors (Lipinski definition) is 1. The fourth-order valence-corrected chi connectivity index (χ4v) is 3.79. The lowest BCUT2D eigenvalue weighted by Gasteiger charge is -2.04. The van der Waals surface area contributed by atoms with Gasteiger partial charge in [-0.25, -0.2) is 8.42 Å². The number of aliphatic hydroxyl groups is 1. The van der Waals surface area contributed by atoms with Gasteiger partial charge in [-0.3, -0.25) is 0 Å². The number of aliphatic hydroxyl groups excluding tert-OH is 1. The molecule has 2 aromatic rings. The highest BCUT2D eigenvalue weighted by molar-refractivity contribution is 7.96. The molecule has 0 spiro atoms. The largest absolute Gasteiger partial charge is 0.506 e. The maximum atomic E-state index is 12.2. The van der Waals surface area contributed by atoms with Crippen molar-refractivity contribution in [3.8, 4) is 0 Å². The van der Waals surface area contributed by atoms with Gasteiger partial charge >= 0.3 is 0 Å². The van der Waals surface area contributed by atoms with E-state index in [1.165, 1.54) is 6.92 Å². The predicted octanol–water partition coefficient (Wildman–Crippen LogP) is 2.87. The first-order chi connectivity index (χ1) is 8.03. The van der Waals surface area contributed by atoms with Gasteiger partial charge in [0.15, 0.2) is 0 Å². The maximum absolute atomic E-state index is 12.2. The van der Waals surface area contributed by atoms with Crippen LogP contribution in [0.1, 0.15) is 12.5 Å². The third kappa shape index (κ3) is 1.18. The van der Waals surface area contributed by atoms with E-state index >= 15 is 0 Å². The van der Waals surface area contributed by atoms with E-state index in [1.54, 1.807) is 18.2 Å². The van der Waals surface area contributed by atoms with Crippen molar-refractivity contribution < 1.29 is 13.5 Å². The molecule has 0 aliphatic carbocycles. The van der Waals surface area contributed by atoms with E-state index in [4.69, 9.17) is 0 Å². The van der Waals surface area contributed by atoms with Gasteiger partial charge in [-0.15, -0.1) is 0 Å². The molecule has 0 saturated carbocycles. The van der Waals surface area contributed by atoms with Gasteiger partial charge < -0.3 is 5.11 Å². The summed E-state index contributed by atoms with van der Waals surface area (Å²) in [5.41, 5.74) is 0.404. The molecule has 2 aromatic carbocycles. The highest BCUT2D eigenvalue weighted by atomic mass is 32.2. The van der Waals surface area contributed by atoms with Gasteiger partial charge in [-0.2, -0.15) is 0 Å². The minimum absolute atomic E-state index is 0.0313. The van der Waals surface area contributed by atoms with Gasteiger partial charge in [-0.05, 0) is 18.4 Å². The van der Waals surface area contributed by atoms with Crippen molar-refractivity contribution >= 4 is 26.4 Å². The Hall–Kier alpha value is -1.81. The Bertz CT molecular complexity index is 770. The second-order valence-electron chi connectivity index (χ2n) is 4.07. The van der Waals surface area contributed by atoms with Crippen molar-refractivity contribution in [1.29, 1.82) is 0 Å². The zero-order valence-electron chi connectivity index (χ0n) is 9.14. The molecule has 0 fully saturated rings. The summed E-state index contributed by atoms with van der Waals surface area (Å²) >= 11 is 0. The average Bonchev–Trinajstić information content (AvgIpc) is 2.51. The third-order valence-corrected chi connectivity index (χ3v) is 5.12. The Morgan fingerprint density at radius 2 is 1.76 bits per heavy atom. The summed E-state index contributed by atoms with van der Waals surface area (Å²) in [6.45, 7) is 1.43. The zero-order chi connectivity index (χ0) is 12.2. The summed E-state index contributed by atoms with van der Waals surface area (Å²) in [5.74, 6) is -0.134. The summed E-state index contributed by atoms with van der Waals surface area (Å²) in [4.78, 5) is 0.259. The number of sulfone groups is 1. The van der Waals surface area contributed by atoms with Crippen LogP contribution < -0.4 is 0 Å². The van der Waals surface area contributed by atoms with Crippen LogP contribution in [0.2, 0.25) is 0 Å². The normalized spacial score (nSPS) is 17.5. The number of hydrogen-bond acceptors (Lipinski definition) is 3. The van der Waals surface area contributed by atoms with Crippen molar-refractivity contribution in [1.82, 2.24) is 0 Å². The summed E-state index contributed by atoms with van der Waals surface area (Å²) in [6.07, 6.45) is 0. The lowest BCUT2D eigenvalue weighted by Crippen LogP contribution is -1.98. The summed E-state index contributed by atoms with van der Waals surface area (Å²) in [6, 6.07) is 10.7. The number of benzene rings is 2. The van der Waals surface area contributed by atoms with Crippen LogP contribution in [0, 0.1) is 0 Å². The molecule has 0 unspecified atom stereocenters. The first-order valence-corrected chi connectivity index (χ1v) is 6.69. The molecule has 1 N–H and O–H groups in total. The van der Waals surface area contributed by atoms with E-state index in [0.717, 1.165) is 5.39 Å². The predicted molar refractivity (Wildman–Crippen MR) is 66.4 cm³/mol. The summed E-state index contributed by atoms with van der Waals surface area (Å²) in [5, 5.41) is 11.4. The number of rotatable bonds is 0. The molecule has 3 rings (SSSR count). The van der Waals surface area contributed by atoms with Crippen LogP contribution in [0.5, 0.6) is 0 Å². The van der Waals surface area contributed by atoms with Gasteiger partial charge in [0.05, 0.1) is 9.80 Å². The minimum atomic E-state index is -3.53. The molecule has 0 saturated heterocycles. The monoisotopic (exact) mass is 246 g/mol. The van der Waals surface area contributed by atoms with E-state index in [9.17, 15) is 13.5 Å². The molecule has 1 aliphatic rings. The molecule has 0 bridgehead atoms. The Morgan fingerprint density at radius 3 is 2.53 bits per heavy atom. The van der Waals surface area contributed by atoms with E-state index in [-0.39, 0.29) is 15.6 Å². The number of allylic oxidation sites excluding steroid dienone is 1. The van der Waals surface area contributed by atoms with Crippen LogP contribution in [-0.2, 0) is 9.84 Å². The molecule has 4 heteroatoms. The molecule has 0 aromatic heterocycles. The molecule has 0 radical (unpaired) electrons. The first-order valence-electron chi connectivity index (χ1n) is 5.20. The van der Waals surface area contributed by atoms with Crippen LogP contribution >= 0.6 is 0 Å². The molecule has 0 amide bonds. The summed E-state index contributed by atoms with van der Waals surface area (Å²) in [7, 11) is -3.53. The lowest BCUT2D eigenvalue weighted by molar-refractivity contribution is 0.509. The minimum Gasteiger partial charge on any atom is -0.506 e. The molecule has 1 heterocycles. The Balaban J connectivity index is 2.56. The lowest BCUT2D eigenvalue weighted by atomic mass is 10.1. The smallest absolute Gasteiger partial charge is 0.207 e. The van der Waals surface area contributed by atoms with Crippen molar-refractivity contribution in [2.24, 2.45) is 0 Å². The van der Waals surface area contributed by atoms with Crippen molar-refractivity contribution in [2.45, 2.75) is 11.8 Å². The van der Waals surface area contributed by atoms with Gasteiger partial charge in [0.25, 0.3) is 0 Å². The second kappa shape index (κ2) is 3.11. The van der Waals surface area contributed by atoms with E-state index in [1.807, 2.05) is 18.2 Å². The Morgan fingerprint density at radius 1 is 1.06 bits per heavy atom. The topological polar surface area (TPSA) is 54.4 Å². The van der Waals surface area contributed by atoms with Gasteiger partial charge in [0.1, 0.15) is 5.76 Å². The van der Waals surface area contributed by atoms with Crippen LogP contribution in [-0.4, -0.2) is 13.5 Å². The summed E-state index contributed by atoms with van der Waals surface area (Å²) < 4.78 is 24.4. The molecular weight excluding hydrogens is 236 g/mol. The van der Waals surface area contributed by atoms with E-state index in [2.05, 4.69) is 0 Å². The molecular formula is C13H10O3S. The second-order valence-corrected chi connectivity index (χ2v) is 6.10. The molecule has 17 heavy (non-hydrogen) atoms. The third-order valence-electron chi connectivity index (χ3n) is 3.14. The van der Waals surface area contributed by atoms with Crippen LogP contribution in [0.4, 0.5) is 0 Å². The molecule has 86 valence electrons. The standard InChI is InChI=1S/C13H10O3S/c1-8-12(14)11-7-6-9-4-2-3-5-10(9)13(11)17(8,15)16/h2-7,14H,1H3. The highest BCUT2D eigenvalue weighted by Crippen LogP contribution is 2.41. The van der Waals surface area contributed by atoms with Crippen molar-refractivity contribution in [3.63, 3.8) is 0 Å². The Kier molecular flexibility index (Phi) is 1.89. The molecule has 0 atom stereocenters. The van der Waals surface area contributed by atoms with E-state index in [0.29, 0.717) is 10.9 Å². The van der Waals surface area contributed by atoms with Crippen LogP contribution in [0.3, 0.4) is 0 Å². The van der Waals surface area contributed by atoms with E-state index < -0.39 is 9.84 Å². The van der Waals surface area contributed by atoms with Gasteiger partial charge in [-0.1, -0.05) is 30.3 Å². The van der Waals surface area contributed by atoms with Crippen LogP contribution in [0.15, 0.2) is 46.2 Å². The average molecular weight is 246 g/mol. The maximum Gasteiger partial charge on any atom is 0.207 e. The molecule has 1 aliphatic heterocycles. The van der Waals surface area contributed by atoms with Gasteiger partial charge in [0, 0.05) is 10.9 Å². The van der Waals surface area contributed by atoms with Crippen molar-refractivity contribution in [3.05, 3.63) is 46.9 Å².